The number of benzene rings is 1. The molecule has 2 aromatic rings. The second-order valence-corrected chi connectivity index (χ2v) is 8.95. The van der Waals surface area contributed by atoms with Crippen LogP contribution < -0.4 is 0 Å². The van der Waals surface area contributed by atoms with Crippen LogP contribution in [0.3, 0.4) is 0 Å². The van der Waals surface area contributed by atoms with Gasteiger partial charge in [0.25, 0.3) is 5.22 Å². The van der Waals surface area contributed by atoms with E-state index in [0.717, 1.165) is 4.47 Å². The molecule has 0 N–H and O–H groups in total. The van der Waals surface area contributed by atoms with Crippen LogP contribution in [-0.4, -0.2) is 36.4 Å². The van der Waals surface area contributed by atoms with Crippen molar-refractivity contribution in [2.45, 2.75) is 15.9 Å². The first-order valence-corrected chi connectivity index (χ1v) is 10.8. The highest BCUT2D eigenvalue weighted by Crippen LogP contribution is 2.21. The number of aromatic nitrogens is 2. The van der Waals surface area contributed by atoms with Crippen molar-refractivity contribution in [3.8, 4) is 0 Å². The summed E-state index contributed by atoms with van der Waals surface area (Å²) >= 11 is 6.13. The van der Waals surface area contributed by atoms with Crippen LogP contribution in [0.5, 0.6) is 0 Å². The fourth-order valence-electron chi connectivity index (χ4n) is 1.48. The van der Waals surface area contributed by atoms with Gasteiger partial charge < -0.3 is 4.42 Å². The maximum Gasteiger partial charge on any atom is 0.276 e. The molecular formula is C12H13BrN2O3S3. The van der Waals surface area contributed by atoms with Gasteiger partial charge in [0, 0.05) is 10.2 Å². The predicted octanol–water partition coefficient (Wildman–Crippen LogP) is 3.26. The largest absolute Gasteiger partial charge is 0.415 e. The Kier molecular flexibility index (Phi) is 6.15. The summed E-state index contributed by atoms with van der Waals surface area (Å²) in [6, 6.07) is 6.61. The normalized spacial score (nSPS) is 11.7. The van der Waals surface area contributed by atoms with E-state index in [0.29, 0.717) is 27.5 Å². The predicted molar refractivity (Wildman–Crippen MR) is 88.4 cm³/mol. The van der Waals surface area contributed by atoms with E-state index in [1.165, 1.54) is 11.8 Å². The molecule has 0 saturated heterocycles. The lowest BCUT2D eigenvalue weighted by Crippen LogP contribution is -2.08. The molecule has 21 heavy (non-hydrogen) atoms. The second-order valence-electron chi connectivity index (χ2n) is 4.02. The van der Waals surface area contributed by atoms with Crippen molar-refractivity contribution in [2.24, 2.45) is 0 Å². The molecule has 0 amide bonds. The minimum absolute atomic E-state index is 0.0273. The highest BCUT2D eigenvalue weighted by atomic mass is 79.9. The Morgan fingerprint density at radius 1 is 1.24 bits per heavy atom. The minimum atomic E-state index is -3.29. The number of nitrogens with zero attached hydrogens (tertiary/aromatic N) is 2. The molecule has 5 nitrogen and oxygen atoms in total. The van der Waals surface area contributed by atoms with Crippen molar-refractivity contribution < 1.29 is 12.8 Å². The third kappa shape index (κ3) is 5.01. The topological polar surface area (TPSA) is 73.1 Å². The van der Waals surface area contributed by atoms with Gasteiger partial charge in [0.15, 0.2) is 9.84 Å². The highest BCUT2D eigenvalue weighted by molar-refractivity contribution is 9.10. The summed E-state index contributed by atoms with van der Waals surface area (Å²) in [6.07, 6.45) is 1.95. The van der Waals surface area contributed by atoms with Gasteiger partial charge in [-0.1, -0.05) is 27.7 Å². The Morgan fingerprint density at radius 3 is 2.62 bits per heavy atom. The van der Waals surface area contributed by atoms with Gasteiger partial charge in [-0.15, -0.1) is 10.2 Å². The molecule has 0 saturated carbocycles. The van der Waals surface area contributed by atoms with E-state index in [1.54, 1.807) is 36.0 Å². The van der Waals surface area contributed by atoms with Crippen molar-refractivity contribution in [1.29, 1.82) is 0 Å². The van der Waals surface area contributed by atoms with Crippen molar-refractivity contribution in [3.05, 3.63) is 34.6 Å². The summed E-state index contributed by atoms with van der Waals surface area (Å²) in [4.78, 5) is 0.319. The molecule has 0 atom stereocenters. The standard InChI is InChI=1S/C12H13BrN2O3S3/c1-19-8-11-14-15-12(18-11)20-6-7-21(16,17)10-4-2-9(13)3-5-10/h2-5H,6-8H2,1H3. The van der Waals surface area contributed by atoms with Crippen LogP contribution in [0.1, 0.15) is 5.89 Å². The molecule has 0 spiro atoms. The number of hydrogen-bond donors (Lipinski definition) is 0. The SMILES string of the molecule is CSCc1nnc(SCCS(=O)(=O)c2ccc(Br)cc2)o1. The Hall–Kier alpha value is -0.510. The Balaban J connectivity index is 1.91. The molecule has 2 rings (SSSR count). The molecule has 0 aliphatic heterocycles. The summed E-state index contributed by atoms with van der Waals surface area (Å²) in [5.41, 5.74) is 0. The number of thioether (sulfide) groups is 2. The lowest BCUT2D eigenvalue weighted by molar-refractivity contribution is 0.427. The van der Waals surface area contributed by atoms with Crippen molar-refractivity contribution >= 4 is 49.3 Å². The van der Waals surface area contributed by atoms with Crippen LogP contribution in [0.2, 0.25) is 0 Å². The zero-order chi connectivity index (χ0) is 15.3. The first-order valence-electron chi connectivity index (χ1n) is 5.94. The van der Waals surface area contributed by atoms with E-state index in [4.69, 9.17) is 4.42 Å². The van der Waals surface area contributed by atoms with Gasteiger partial charge in [0.2, 0.25) is 5.89 Å². The molecule has 1 heterocycles. The molecular weight excluding hydrogens is 396 g/mol. The molecule has 0 unspecified atom stereocenters. The molecule has 1 aromatic carbocycles. The molecule has 0 fully saturated rings. The quantitative estimate of drug-likeness (QED) is 0.650. The molecule has 0 bridgehead atoms. The average Bonchev–Trinajstić information content (AvgIpc) is 2.87. The van der Waals surface area contributed by atoms with Crippen LogP contribution in [0.4, 0.5) is 0 Å². The number of hydrogen-bond acceptors (Lipinski definition) is 7. The molecule has 114 valence electrons. The van der Waals surface area contributed by atoms with Gasteiger partial charge in [-0.3, -0.25) is 0 Å². The van der Waals surface area contributed by atoms with E-state index < -0.39 is 9.84 Å². The van der Waals surface area contributed by atoms with Crippen molar-refractivity contribution in [1.82, 2.24) is 10.2 Å². The van der Waals surface area contributed by atoms with E-state index in [-0.39, 0.29) is 5.75 Å². The fourth-order valence-corrected chi connectivity index (χ4v) is 4.53. The third-order valence-electron chi connectivity index (χ3n) is 2.47. The van der Waals surface area contributed by atoms with Gasteiger partial charge in [0.1, 0.15) is 0 Å². The van der Waals surface area contributed by atoms with Gasteiger partial charge in [-0.25, -0.2) is 8.42 Å². The van der Waals surface area contributed by atoms with Gasteiger partial charge in [-0.2, -0.15) is 11.8 Å². The second kappa shape index (κ2) is 7.66. The van der Waals surface area contributed by atoms with E-state index in [9.17, 15) is 8.42 Å². The van der Waals surface area contributed by atoms with Gasteiger partial charge in [-0.05, 0) is 30.5 Å². The Bertz CT molecular complexity index is 686. The highest BCUT2D eigenvalue weighted by Gasteiger charge is 2.15. The van der Waals surface area contributed by atoms with E-state index in [1.807, 2.05) is 6.26 Å². The summed E-state index contributed by atoms with van der Waals surface area (Å²) in [7, 11) is -3.29. The molecule has 0 radical (unpaired) electrons. The fraction of sp³-hybridized carbons (Fsp3) is 0.333. The Labute approximate surface area is 140 Å². The lowest BCUT2D eigenvalue weighted by Gasteiger charge is -2.03. The number of rotatable bonds is 7. The number of sulfone groups is 1. The summed E-state index contributed by atoms with van der Waals surface area (Å²) in [5.74, 6) is 1.62. The van der Waals surface area contributed by atoms with Crippen LogP contribution in [0.15, 0.2) is 43.3 Å². The zero-order valence-electron chi connectivity index (χ0n) is 11.2. The third-order valence-corrected chi connectivity index (χ3v) is 6.34. The zero-order valence-corrected chi connectivity index (χ0v) is 15.2. The molecule has 9 heteroatoms. The van der Waals surface area contributed by atoms with E-state index in [2.05, 4.69) is 26.1 Å². The first-order chi connectivity index (χ1) is 10.0. The van der Waals surface area contributed by atoms with Crippen LogP contribution in [-0.2, 0) is 15.6 Å². The monoisotopic (exact) mass is 408 g/mol. The van der Waals surface area contributed by atoms with E-state index >= 15 is 0 Å². The van der Waals surface area contributed by atoms with Crippen LogP contribution in [0, 0.1) is 0 Å². The molecule has 0 aliphatic carbocycles. The molecule has 0 aliphatic rings. The van der Waals surface area contributed by atoms with Gasteiger partial charge >= 0.3 is 0 Å². The van der Waals surface area contributed by atoms with Gasteiger partial charge in [0.05, 0.1) is 16.4 Å². The smallest absolute Gasteiger partial charge is 0.276 e. The summed E-state index contributed by atoms with van der Waals surface area (Å²) in [6.45, 7) is 0. The van der Waals surface area contributed by atoms with Crippen molar-refractivity contribution in [3.63, 3.8) is 0 Å². The summed E-state index contributed by atoms with van der Waals surface area (Å²) < 4.78 is 30.5. The van der Waals surface area contributed by atoms with Crippen LogP contribution in [0.25, 0.3) is 0 Å². The van der Waals surface area contributed by atoms with Crippen LogP contribution >= 0.6 is 39.5 Å². The van der Waals surface area contributed by atoms with Crippen molar-refractivity contribution in [2.75, 3.05) is 17.8 Å². The maximum atomic E-state index is 12.1. The molecule has 1 aromatic heterocycles. The maximum absolute atomic E-state index is 12.1. The summed E-state index contributed by atoms with van der Waals surface area (Å²) in [5, 5.41) is 8.15. The Morgan fingerprint density at radius 2 is 1.95 bits per heavy atom. The lowest BCUT2D eigenvalue weighted by atomic mass is 10.4. The average molecular weight is 409 g/mol. The first kappa shape index (κ1) is 16.9. The number of halogens is 1. The minimum Gasteiger partial charge on any atom is -0.415 e.